The summed E-state index contributed by atoms with van der Waals surface area (Å²) in [4.78, 5) is 9.49. The zero-order valence-corrected chi connectivity index (χ0v) is 35.3. The Balaban J connectivity index is 0.000000174. The van der Waals surface area contributed by atoms with E-state index < -0.39 is 8.07 Å². The van der Waals surface area contributed by atoms with Crippen molar-refractivity contribution in [3.8, 4) is 44.8 Å². The molecule has 0 bridgehead atoms. The van der Waals surface area contributed by atoms with Gasteiger partial charge < -0.3 is 9.97 Å². The maximum absolute atomic E-state index is 4.75. The Morgan fingerprint density at radius 2 is 1.41 bits per heavy atom. The van der Waals surface area contributed by atoms with Gasteiger partial charge in [0.25, 0.3) is 0 Å². The van der Waals surface area contributed by atoms with Crippen molar-refractivity contribution >= 4 is 44.8 Å². The van der Waals surface area contributed by atoms with Gasteiger partial charge in [-0.25, -0.2) is 0 Å². The van der Waals surface area contributed by atoms with Crippen molar-refractivity contribution in [3.05, 3.63) is 164 Å². The summed E-state index contributed by atoms with van der Waals surface area (Å²) in [5.41, 5.74) is 10.5. The molecule has 8 aromatic rings. The number of thiophene rings is 1. The van der Waals surface area contributed by atoms with Gasteiger partial charge in [0.2, 0.25) is 0 Å². The first-order chi connectivity index (χ1) is 25.9. The first-order valence-corrected chi connectivity index (χ1v) is 23.1. The average molecular weight is 913 g/mol. The van der Waals surface area contributed by atoms with E-state index in [1.165, 1.54) is 74.5 Å². The van der Waals surface area contributed by atoms with Crippen molar-refractivity contribution in [3.63, 3.8) is 0 Å². The van der Waals surface area contributed by atoms with Gasteiger partial charge in [-0.3, -0.25) is 0 Å². The summed E-state index contributed by atoms with van der Waals surface area (Å²) in [5, 5.41) is 4.11. The third-order valence-electron chi connectivity index (χ3n) is 10.4. The van der Waals surface area contributed by atoms with Crippen LogP contribution >= 0.6 is 11.3 Å². The zero-order chi connectivity index (χ0) is 36.2. The molecule has 3 heterocycles. The van der Waals surface area contributed by atoms with Crippen LogP contribution in [0.2, 0.25) is 19.6 Å². The molecule has 5 heteroatoms. The van der Waals surface area contributed by atoms with Gasteiger partial charge in [0.05, 0.1) is 8.07 Å². The summed E-state index contributed by atoms with van der Waals surface area (Å²) in [6, 6.07) is 53.5. The maximum Gasteiger partial charge on any atom is 0.0798 e. The number of fused-ring (bicyclic) bond motifs is 3. The largest absolute Gasteiger partial charge is 0.305 e. The minimum absolute atomic E-state index is 0. The summed E-state index contributed by atoms with van der Waals surface area (Å²) < 4.78 is 2.52. The van der Waals surface area contributed by atoms with Gasteiger partial charge in [-0.1, -0.05) is 158 Å². The monoisotopic (exact) mass is 913 g/mol. The van der Waals surface area contributed by atoms with Crippen LogP contribution in [0.1, 0.15) is 31.2 Å². The number of hydrogen-bond acceptors (Lipinski definition) is 3. The predicted octanol–water partition coefficient (Wildman–Crippen LogP) is 13.1. The summed E-state index contributed by atoms with van der Waals surface area (Å²) in [6.45, 7) is 7.28. The number of benzene rings is 5. The second kappa shape index (κ2) is 16.9. The molecule has 1 saturated carbocycles. The molecule has 0 atom stereocenters. The van der Waals surface area contributed by atoms with Crippen LogP contribution in [0, 0.1) is 18.1 Å². The van der Waals surface area contributed by atoms with E-state index in [0.717, 1.165) is 28.4 Å². The van der Waals surface area contributed by atoms with Crippen LogP contribution in [0.3, 0.4) is 0 Å². The van der Waals surface area contributed by atoms with Crippen LogP contribution in [0.15, 0.2) is 146 Å². The normalized spacial score (nSPS) is 13.0. The topological polar surface area (TPSA) is 25.8 Å². The number of nitrogens with zero attached hydrogens (tertiary/aromatic N) is 2. The fraction of sp³-hybridized carbons (Fsp3) is 0.184. The molecule has 0 saturated heterocycles. The zero-order valence-electron chi connectivity index (χ0n) is 31.1. The van der Waals surface area contributed by atoms with Gasteiger partial charge >= 0.3 is 0 Å². The summed E-state index contributed by atoms with van der Waals surface area (Å²) in [6.07, 6.45) is 10.9. The maximum atomic E-state index is 4.75. The fourth-order valence-electron chi connectivity index (χ4n) is 7.75. The van der Waals surface area contributed by atoms with Crippen LogP contribution in [0.4, 0.5) is 0 Å². The van der Waals surface area contributed by atoms with E-state index in [1.54, 1.807) is 10.8 Å². The van der Waals surface area contributed by atoms with E-state index in [9.17, 15) is 0 Å². The average Bonchev–Trinajstić information content (AvgIpc) is 3.87. The van der Waals surface area contributed by atoms with Gasteiger partial charge in [-0.05, 0) is 62.3 Å². The Morgan fingerprint density at radius 3 is 2.13 bits per heavy atom. The van der Waals surface area contributed by atoms with Crippen LogP contribution in [0.5, 0.6) is 0 Å². The van der Waals surface area contributed by atoms with Crippen LogP contribution in [0.25, 0.3) is 64.9 Å². The molecule has 3 aromatic heterocycles. The van der Waals surface area contributed by atoms with E-state index in [2.05, 4.69) is 153 Å². The van der Waals surface area contributed by atoms with E-state index >= 15 is 0 Å². The molecule has 5 aromatic carbocycles. The van der Waals surface area contributed by atoms with Crippen molar-refractivity contribution < 1.29 is 20.1 Å². The first-order valence-electron chi connectivity index (χ1n) is 18.8. The van der Waals surface area contributed by atoms with Gasteiger partial charge in [0.1, 0.15) is 0 Å². The molecule has 1 fully saturated rings. The quantitative estimate of drug-likeness (QED) is 0.118. The van der Waals surface area contributed by atoms with Crippen LogP contribution < -0.4 is 5.19 Å². The van der Waals surface area contributed by atoms with Crippen molar-refractivity contribution in [2.45, 2.75) is 51.7 Å². The molecule has 1 aliphatic rings. The van der Waals surface area contributed by atoms with Gasteiger partial charge in [-0.2, -0.15) is 11.3 Å². The smallest absolute Gasteiger partial charge is 0.0798 e. The number of hydrogen-bond donors (Lipinski definition) is 0. The number of aromatic nitrogens is 2. The summed E-state index contributed by atoms with van der Waals surface area (Å²) >= 11 is 1.82. The molecule has 1 aliphatic carbocycles. The molecule has 1 radical (unpaired) electrons. The molecule has 2 nitrogen and oxygen atoms in total. The van der Waals surface area contributed by atoms with E-state index in [1.807, 2.05) is 35.7 Å². The standard InChI is InChI=1S/C29H18NS.C20H26NSi.Ir/c1-3-9-20(10-4-1)22-17-18-30-26(19-22)24-16-15-23(21-11-5-2-6-12-21)28-25-13-7-8-14-27(25)31-29(24)28;1-22(2,3)20-15-21-19(17-11-5-4-6-12-17)14-18(20)13-16-9-7-8-10-16;/h1-15,17-19H;4-6,11,14-16H,7-10,13H2,1-3H3;/q2*-1;. The Bertz CT molecular complexity index is 2470. The third-order valence-corrected chi connectivity index (χ3v) is 13.7. The van der Waals surface area contributed by atoms with E-state index in [4.69, 9.17) is 9.97 Å². The second-order valence-electron chi connectivity index (χ2n) is 15.1. The minimum atomic E-state index is -1.35. The molecule has 0 spiro atoms. The SMILES string of the molecule is C[Si](C)(C)c1cnc(-c2[c-]cccc2)cc1CC1CCCC1.[Ir].[c-]1cc(-c2ccccc2)c2c(sc3ccccc32)c1-c1cc(-c2ccccc2)ccn1. The van der Waals surface area contributed by atoms with Crippen molar-refractivity contribution in [2.75, 3.05) is 0 Å². The molecular weight excluding hydrogens is 869 g/mol. The van der Waals surface area contributed by atoms with Crippen LogP contribution in [-0.4, -0.2) is 18.0 Å². The summed E-state index contributed by atoms with van der Waals surface area (Å²) in [7, 11) is -1.35. The molecule has 271 valence electrons. The Labute approximate surface area is 338 Å². The Kier molecular flexibility index (Phi) is 11.8. The molecule has 9 rings (SSSR count). The Morgan fingerprint density at radius 1 is 0.704 bits per heavy atom. The number of rotatable bonds is 7. The van der Waals surface area contributed by atoms with Gasteiger partial charge in [0.15, 0.2) is 0 Å². The van der Waals surface area contributed by atoms with Crippen LogP contribution in [-0.2, 0) is 26.5 Å². The molecular formula is C49H44IrN2SSi-2. The first kappa shape index (κ1) is 37.8. The molecule has 0 unspecified atom stereocenters. The second-order valence-corrected chi connectivity index (χ2v) is 21.2. The molecule has 54 heavy (non-hydrogen) atoms. The van der Waals surface area contributed by atoms with Crippen molar-refractivity contribution in [2.24, 2.45) is 5.92 Å². The van der Waals surface area contributed by atoms with Crippen molar-refractivity contribution in [1.29, 1.82) is 0 Å². The van der Waals surface area contributed by atoms with Crippen molar-refractivity contribution in [1.82, 2.24) is 9.97 Å². The fourth-order valence-corrected chi connectivity index (χ4v) is 10.6. The molecule has 0 amide bonds. The minimum Gasteiger partial charge on any atom is -0.305 e. The van der Waals surface area contributed by atoms with E-state index in [-0.39, 0.29) is 20.1 Å². The predicted molar refractivity (Wildman–Crippen MR) is 229 cm³/mol. The molecule has 0 N–H and O–H groups in total. The van der Waals surface area contributed by atoms with Gasteiger partial charge in [-0.15, -0.1) is 53.6 Å². The Hall–Kier alpha value is -4.51. The van der Waals surface area contributed by atoms with Gasteiger partial charge in [0, 0.05) is 37.2 Å². The molecule has 0 aliphatic heterocycles. The third kappa shape index (κ3) is 8.26. The van der Waals surface area contributed by atoms with E-state index in [0.29, 0.717) is 0 Å². The number of pyridine rings is 2. The summed E-state index contributed by atoms with van der Waals surface area (Å²) in [5.74, 6) is 0.880.